The molecule has 1 aliphatic rings. The molecule has 2 atom stereocenters. The number of allylic oxidation sites excluding steroid dienone is 2. The first-order valence-corrected chi connectivity index (χ1v) is 10.6. The topological polar surface area (TPSA) is 37.3 Å². The number of hydrogen-bond donors (Lipinski definition) is 1. The number of carbonyl (C=O) groups is 1. The van der Waals surface area contributed by atoms with Crippen LogP contribution >= 0.6 is 34.8 Å². The molecule has 144 valence electrons. The third-order valence-electron chi connectivity index (χ3n) is 5.19. The maximum Gasteiger partial charge on any atom is 0.303 e. The Morgan fingerprint density at radius 3 is 2.38 bits per heavy atom. The minimum Gasteiger partial charge on any atom is -0.481 e. The minimum atomic E-state index is -0.705. The van der Waals surface area contributed by atoms with E-state index in [9.17, 15) is 4.79 Å². The fourth-order valence-corrected chi connectivity index (χ4v) is 4.96. The summed E-state index contributed by atoms with van der Waals surface area (Å²) in [5, 5.41) is 10.2. The van der Waals surface area contributed by atoms with Crippen LogP contribution in [0.25, 0.3) is 0 Å². The van der Waals surface area contributed by atoms with Gasteiger partial charge in [0, 0.05) is 21.8 Å². The van der Waals surface area contributed by atoms with Crippen LogP contribution in [-0.2, 0) is 11.2 Å². The summed E-state index contributed by atoms with van der Waals surface area (Å²) in [5.74, 6) is -0.269. The number of halogens is 3. The van der Waals surface area contributed by atoms with Gasteiger partial charge in [-0.05, 0) is 68.7 Å². The van der Waals surface area contributed by atoms with E-state index in [2.05, 4.69) is 6.92 Å². The predicted molar refractivity (Wildman–Crippen MR) is 111 cm³/mol. The zero-order valence-corrected chi connectivity index (χ0v) is 17.5. The van der Waals surface area contributed by atoms with Crippen LogP contribution in [0.1, 0.15) is 63.9 Å². The molecule has 26 heavy (non-hydrogen) atoms. The van der Waals surface area contributed by atoms with Gasteiger partial charge in [0.1, 0.15) is 0 Å². The van der Waals surface area contributed by atoms with Crippen molar-refractivity contribution in [2.24, 2.45) is 5.92 Å². The molecule has 0 fully saturated rings. The molecule has 1 aromatic carbocycles. The van der Waals surface area contributed by atoms with Gasteiger partial charge in [-0.15, -0.1) is 11.6 Å². The molecule has 2 nitrogen and oxygen atoms in total. The van der Waals surface area contributed by atoms with Crippen LogP contribution in [0, 0.1) is 5.92 Å². The van der Waals surface area contributed by atoms with Gasteiger partial charge in [-0.25, -0.2) is 0 Å². The van der Waals surface area contributed by atoms with Crippen molar-refractivity contribution in [2.75, 3.05) is 0 Å². The van der Waals surface area contributed by atoms with Crippen LogP contribution in [-0.4, -0.2) is 16.5 Å². The van der Waals surface area contributed by atoms with Gasteiger partial charge in [0.25, 0.3) is 0 Å². The van der Waals surface area contributed by atoms with Gasteiger partial charge in [-0.3, -0.25) is 4.79 Å². The zero-order chi connectivity index (χ0) is 19.1. The molecule has 0 saturated heterocycles. The zero-order valence-electron chi connectivity index (χ0n) is 15.2. The number of benzene rings is 1. The highest BCUT2D eigenvalue weighted by molar-refractivity contribution is 6.34. The lowest BCUT2D eigenvalue weighted by molar-refractivity contribution is -0.137. The lowest BCUT2D eigenvalue weighted by Gasteiger charge is -2.19. The molecule has 1 aromatic rings. The van der Waals surface area contributed by atoms with E-state index in [1.807, 2.05) is 12.1 Å². The average molecular weight is 418 g/mol. The number of alkyl halides is 1. The molecular weight excluding hydrogens is 391 g/mol. The smallest absolute Gasteiger partial charge is 0.303 e. The lowest BCUT2D eigenvalue weighted by Crippen LogP contribution is -2.12. The molecule has 1 N–H and O–H groups in total. The minimum absolute atomic E-state index is 0.187. The molecule has 0 aromatic heterocycles. The van der Waals surface area contributed by atoms with Crippen molar-refractivity contribution in [1.82, 2.24) is 0 Å². The first-order chi connectivity index (χ1) is 12.4. The summed E-state index contributed by atoms with van der Waals surface area (Å²) in [4.78, 5) is 10.6. The first kappa shape index (κ1) is 21.6. The first-order valence-electron chi connectivity index (χ1n) is 9.36. The fraction of sp³-hybridized carbons (Fsp3) is 0.571. The number of carboxylic acids is 1. The number of carboxylic acid groups (broad SMARTS) is 1. The molecule has 0 amide bonds. The second-order valence-electron chi connectivity index (χ2n) is 7.26. The van der Waals surface area contributed by atoms with Crippen molar-refractivity contribution in [3.63, 3.8) is 0 Å². The van der Waals surface area contributed by atoms with Crippen LogP contribution in [0.2, 0.25) is 10.0 Å². The van der Waals surface area contributed by atoms with E-state index < -0.39 is 5.97 Å². The Balaban J connectivity index is 1.85. The van der Waals surface area contributed by atoms with Crippen LogP contribution < -0.4 is 0 Å². The summed E-state index contributed by atoms with van der Waals surface area (Å²) in [6.07, 6.45) is 8.17. The molecule has 0 bridgehead atoms. The van der Waals surface area contributed by atoms with E-state index in [4.69, 9.17) is 39.9 Å². The second-order valence-corrected chi connectivity index (χ2v) is 8.69. The third kappa shape index (κ3) is 6.79. The normalized spacial score (nSPS) is 20.0. The number of aryl methyl sites for hydroxylation is 1. The van der Waals surface area contributed by atoms with E-state index >= 15 is 0 Å². The molecule has 2 rings (SSSR count). The Morgan fingerprint density at radius 2 is 1.73 bits per heavy atom. The second kappa shape index (κ2) is 10.6. The Labute approximate surface area is 171 Å². The highest BCUT2D eigenvalue weighted by Gasteiger charge is 2.30. The SMILES string of the molecule is CC1=C(CCc2cc(Cl)cc(Cl)c2)[C@@H](CCCCCCC(=O)O)[C@H](Cl)C1. The molecule has 0 heterocycles. The van der Waals surface area contributed by atoms with Gasteiger partial charge >= 0.3 is 5.97 Å². The number of unbranched alkanes of at least 4 members (excludes halogenated alkanes) is 3. The van der Waals surface area contributed by atoms with Gasteiger partial charge in [-0.1, -0.05) is 53.6 Å². The molecular formula is C21H27Cl3O2. The van der Waals surface area contributed by atoms with Crippen LogP contribution in [0.15, 0.2) is 29.3 Å². The highest BCUT2D eigenvalue weighted by Crippen LogP contribution is 2.41. The third-order valence-corrected chi connectivity index (χ3v) is 6.09. The summed E-state index contributed by atoms with van der Waals surface area (Å²) in [6, 6.07) is 5.72. The van der Waals surface area contributed by atoms with Crippen molar-refractivity contribution in [3.8, 4) is 0 Å². The molecule has 1 aliphatic carbocycles. The van der Waals surface area contributed by atoms with Gasteiger partial charge in [-0.2, -0.15) is 0 Å². The number of aliphatic carboxylic acids is 1. The number of hydrogen-bond acceptors (Lipinski definition) is 1. The average Bonchev–Trinajstić information content (AvgIpc) is 2.81. The quantitative estimate of drug-likeness (QED) is 0.246. The Kier molecular flexibility index (Phi) is 8.79. The van der Waals surface area contributed by atoms with Crippen molar-refractivity contribution in [3.05, 3.63) is 45.0 Å². The summed E-state index contributed by atoms with van der Waals surface area (Å²) in [5.41, 5.74) is 4.08. The van der Waals surface area contributed by atoms with E-state index in [1.54, 1.807) is 6.07 Å². The van der Waals surface area contributed by atoms with E-state index in [1.165, 1.54) is 11.1 Å². The molecule has 5 heteroatoms. The monoisotopic (exact) mass is 416 g/mol. The van der Waals surface area contributed by atoms with Crippen molar-refractivity contribution in [1.29, 1.82) is 0 Å². The Bertz CT molecular complexity index is 634. The van der Waals surface area contributed by atoms with Gasteiger partial charge in [0.15, 0.2) is 0 Å². The van der Waals surface area contributed by atoms with Gasteiger partial charge < -0.3 is 5.11 Å². The molecule has 0 radical (unpaired) electrons. The van der Waals surface area contributed by atoms with Crippen molar-refractivity contribution < 1.29 is 9.90 Å². The lowest BCUT2D eigenvalue weighted by atomic mass is 9.89. The van der Waals surface area contributed by atoms with E-state index in [-0.39, 0.29) is 11.8 Å². The van der Waals surface area contributed by atoms with E-state index in [0.29, 0.717) is 16.0 Å². The maximum atomic E-state index is 10.6. The Morgan fingerprint density at radius 1 is 1.08 bits per heavy atom. The van der Waals surface area contributed by atoms with Crippen LogP contribution in [0.3, 0.4) is 0 Å². The van der Waals surface area contributed by atoms with Gasteiger partial charge in [0.2, 0.25) is 0 Å². The van der Waals surface area contributed by atoms with Crippen LogP contribution in [0.5, 0.6) is 0 Å². The van der Waals surface area contributed by atoms with E-state index in [0.717, 1.165) is 56.9 Å². The van der Waals surface area contributed by atoms with Gasteiger partial charge in [0.05, 0.1) is 0 Å². The maximum absolute atomic E-state index is 10.6. The predicted octanol–water partition coefficient (Wildman–Crippen LogP) is 7.30. The largest absolute Gasteiger partial charge is 0.481 e. The molecule has 0 saturated carbocycles. The number of rotatable bonds is 10. The van der Waals surface area contributed by atoms with Crippen molar-refractivity contribution in [2.45, 2.75) is 70.1 Å². The van der Waals surface area contributed by atoms with Crippen LogP contribution in [0.4, 0.5) is 0 Å². The summed E-state index contributed by atoms with van der Waals surface area (Å²) in [7, 11) is 0. The Hall–Kier alpha value is -0.700. The summed E-state index contributed by atoms with van der Waals surface area (Å²) < 4.78 is 0. The molecule has 0 unspecified atom stereocenters. The molecule has 0 spiro atoms. The highest BCUT2D eigenvalue weighted by atomic mass is 35.5. The molecule has 0 aliphatic heterocycles. The summed E-state index contributed by atoms with van der Waals surface area (Å²) in [6.45, 7) is 2.20. The standard InChI is InChI=1S/C21H27Cl3O2/c1-14-10-20(24)19(6-4-2-3-5-7-21(25)26)18(14)9-8-15-11-16(22)13-17(23)12-15/h11-13,19-20H,2-10H2,1H3,(H,25,26)/t19-,20-/m1/s1. The van der Waals surface area contributed by atoms with Crippen molar-refractivity contribution >= 4 is 40.8 Å². The fourth-order valence-electron chi connectivity index (χ4n) is 3.88. The summed E-state index contributed by atoms with van der Waals surface area (Å²) >= 11 is 18.8.